The summed E-state index contributed by atoms with van der Waals surface area (Å²) in [5.41, 5.74) is 4.50. The number of aryl methyl sites for hydroxylation is 1. The number of aliphatic hydroxyl groups is 1. The molecule has 1 spiro atoms. The fourth-order valence-corrected chi connectivity index (χ4v) is 14.7. The van der Waals surface area contributed by atoms with Gasteiger partial charge in [0.15, 0.2) is 5.60 Å². The Hall–Kier alpha value is -5.63. The molecular formula is C48H54N6O6Si. The first-order valence-corrected chi connectivity index (χ1v) is 24.7. The number of carbonyl (C=O) groups excluding carboxylic acids is 3. The van der Waals surface area contributed by atoms with Crippen LogP contribution in [-0.2, 0) is 37.8 Å². The Labute approximate surface area is 358 Å². The van der Waals surface area contributed by atoms with Gasteiger partial charge in [-0.3, -0.25) is 19.1 Å². The zero-order chi connectivity index (χ0) is 42.5. The number of nitrogens with zero attached hydrogens (tertiary/aromatic N) is 6. The molecule has 5 heterocycles. The van der Waals surface area contributed by atoms with Gasteiger partial charge in [-0.05, 0) is 78.4 Å². The van der Waals surface area contributed by atoms with E-state index in [1.807, 2.05) is 111 Å². The van der Waals surface area contributed by atoms with E-state index >= 15 is 4.79 Å². The number of ether oxygens (including phenoxy) is 2. The number of anilines is 3. The number of fused-ring (bicyclic) bond motifs is 2. The molecule has 4 aliphatic heterocycles. The quantitative estimate of drug-likeness (QED) is 0.133. The van der Waals surface area contributed by atoms with Gasteiger partial charge in [-0.1, -0.05) is 85.0 Å². The summed E-state index contributed by atoms with van der Waals surface area (Å²) in [7, 11) is -0.780. The fraction of sp³-hybridized carbons (Fsp3) is 0.396. The number of amides is 3. The summed E-state index contributed by atoms with van der Waals surface area (Å²) in [6.45, 7) is 8.99. The zero-order valence-corrected chi connectivity index (χ0v) is 36.4. The van der Waals surface area contributed by atoms with Crippen molar-refractivity contribution in [3.8, 4) is 5.75 Å². The molecule has 13 heteroatoms. The largest absolute Gasteiger partial charge is 0.497 e. The molecule has 0 saturated carbocycles. The summed E-state index contributed by atoms with van der Waals surface area (Å²) >= 11 is 0. The molecule has 3 fully saturated rings. The van der Waals surface area contributed by atoms with Gasteiger partial charge >= 0.3 is 0 Å². The second-order valence-electron chi connectivity index (χ2n) is 17.6. The topological polar surface area (TPSA) is 130 Å². The van der Waals surface area contributed by atoms with Gasteiger partial charge in [0.25, 0.3) is 5.91 Å². The number of hydrogen-bond acceptors (Lipinski definition) is 8. The molecule has 1 N–H and O–H groups in total. The summed E-state index contributed by atoms with van der Waals surface area (Å²) in [4.78, 5) is 46.8. The smallest absolute Gasteiger partial charge is 0.264 e. The number of aliphatic hydroxyl groups excluding tert-OH is 1. The van der Waals surface area contributed by atoms with E-state index in [1.54, 1.807) is 7.11 Å². The van der Waals surface area contributed by atoms with Gasteiger partial charge in [-0.2, -0.15) is 0 Å². The maximum atomic E-state index is 15.6. The lowest BCUT2D eigenvalue weighted by Gasteiger charge is -2.37. The summed E-state index contributed by atoms with van der Waals surface area (Å²) in [6.07, 6.45) is 4.85. The molecular weight excluding hydrogens is 785 g/mol. The number of methoxy groups -OCH3 is 1. The Kier molecular flexibility index (Phi) is 10.9. The number of benzene rings is 4. The Morgan fingerprint density at radius 3 is 2.20 bits per heavy atom. The van der Waals surface area contributed by atoms with E-state index in [0.717, 1.165) is 52.3 Å². The van der Waals surface area contributed by atoms with Crippen LogP contribution >= 0.6 is 0 Å². The van der Waals surface area contributed by atoms with E-state index in [2.05, 4.69) is 42.5 Å². The minimum Gasteiger partial charge on any atom is -0.497 e. The van der Waals surface area contributed by atoms with Crippen LogP contribution in [0, 0.1) is 5.92 Å². The normalized spacial score (nSPS) is 23.1. The highest BCUT2D eigenvalue weighted by Crippen LogP contribution is 2.60. The molecule has 5 aromatic rings. The van der Waals surface area contributed by atoms with Crippen molar-refractivity contribution in [2.24, 2.45) is 5.92 Å². The summed E-state index contributed by atoms with van der Waals surface area (Å²) in [6, 6.07) is 32.1. The van der Waals surface area contributed by atoms with E-state index in [4.69, 9.17) is 9.47 Å². The third-order valence-corrected chi connectivity index (χ3v) is 18.2. The molecule has 3 amide bonds. The van der Waals surface area contributed by atoms with Crippen molar-refractivity contribution < 1.29 is 29.0 Å². The predicted octanol–water partition coefficient (Wildman–Crippen LogP) is 6.52. The minimum atomic E-state index is -2.45. The first kappa shape index (κ1) is 40.8. The highest BCUT2D eigenvalue weighted by atomic mass is 28.3. The highest BCUT2D eigenvalue weighted by molar-refractivity contribution is 6.91. The van der Waals surface area contributed by atoms with Gasteiger partial charge in [-0.25, -0.2) is 0 Å². The molecule has 316 valence electrons. The standard InChI is InChI=1S/C48H54N6O6Si/c1-32-46(61(3,4)38-21-19-37(59-2)20-22-38)43(24-27-51-30-41(49-50-51)39(31-55)34-10-6-5-7-11-34)60-48(32)40-28-36(53-26-9-13-45(53)57)18-23-42(40)54(47(48)58)29-33-14-16-35(17-15-33)52-25-8-12-44(52)56/h5-7,10-11,14-23,28,30,32,39,43,46,55H,8-9,12-13,24-27,29,31H2,1-4H3/t32-,39?,43+,46-,48+/m0/s1. The van der Waals surface area contributed by atoms with Crippen molar-refractivity contribution in [3.05, 3.63) is 126 Å². The zero-order valence-electron chi connectivity index (χ0n) is 35.4. The van der Waals surface area contributed by atoms with Crippen LogP contribution in [-0.4, -0.2) is 78.8 Å². The Morgan fingerprint density at radius 1 is 0.885 bits per heavy atom. The lowest BCUT2D eigenvalue weighted by atomic mass is 9.82. The van der Waals surface area contributed by atoms with Crippen LogP contribution in [0.25, 0.3) is 0 Å². The number of aromatic nitrogens is 3. The third kappa shape index (κ3) is 7.15. The van der Waals surface area contributed by atoms with E-state index < -0.39 is 13.7 Å². The van der Waals surface area contributed by atoms with Crippen LogP contribution in [0.4, 0.5) is 17.1 Å². The third-order valence-electron chi connectivity index (χ3n) is 13.8. The van der Waals surface area contributed by atoms with Crippen molar-refractivity contribution >= 4 is 48.0 Å². The average Bonchev–Trinajstić information content (AvgIpc) is 4.12. The maximum Gasteiger partial charge on any atom is 0.264 e. The molecule has 4 aromatic carbocycles. The Bertz CT molecular complexity index is 2420. The van der Waals surface area contributed by atoms with Crippen LogP contribution in [0.2, 0.25) is 18.6 Å². The average molecular weight is 839 g/mol. The Morgan fingerprint density at radius 2 is 1.56 bits per heavy atom. The van der Waals surface area contributed by atoms with Gasteiger partial charge in [-0.15, -0.1) is 5.10 Å². The first-order chi connectivity index (χ1) is 29.5. The molecule has 1 aromatic heterocycles. The van der Waals surface area contributed by atoms with Crippen molar-refractivity contribution in [1.29, 1.82) is 0 Å². The van der Waals surface area contributed by atoms with Crippen LogP contribution in [0.1, 0.15) is 67.3 Å². The van der Waals surface area contributed by atoms with Gasteiger partial charge < -0.3 is 29.3 Å². The molecule has 3 saturated heterocycles. The van der Waals surface area contributed by atoms with Gasteiger partial charge in [0.2, 0.25) is 11.8 Å². The highest BCUT2D eigenvalue weighted by Gasteiger charge is 2.66. The molecule has 5 atom stereocenters. The Balaban J connectivity index is 1.09. The minimum absolute atomic E-state index is 0.00972. The fourth-order valence-electron chi connectivity index (χ4n) is 10.6. The van der Waals surface area contributed by atoms with E-state index in [0.29, 0.717) is 51.1 Å². The maximum absolute atomic E-state index is 15.6. The van der Waals surface area contributed by atoms with E-state index in [9.17, 15) is 14.7 Å². The van der Waals surface area contributed by atoms with Crippen LogP contribution in [0.3, 0.4) is 0 Å². The van der Waals surface area contributed by atoms with Gasteiger partial charge in [0.1, 0.15) is 5.75 Å². The van der Waals surface area contributed by atoms with Crippen molar-refractivity contribution in [2.45, 2.75) is 88.4 Å². The lowest BCUT2D eigenvalue weighted by Crippen LogP contribution is -2.51. The number of rotatable bonds is 13. The molecule has 4 aliphatic rings. The second kappa shape index (κ2) is 16.3. The van der Waals surface area contributed by atoms with Crippen molar-refractivity contribution in [3.63, 3.8) is 0 Å². The summed E-state index contributed by atoms with van der Waals surface area (Å²) in [5.74, 6) is 0.351. The number of hydrogen-bond donors (Lipinski definition) is 1. The van der Waals surface area contributed by atoms with Crippen molar-refractivity contribution in [1.82, 2.24) is 15.0 Å². The molecule has 0 aliphatic carbocycles. The van der Waals surface area contributed by atoms with E-state index in [1.165, 1.54) is 5.19 Å². The first-order valence-electron chi connectivity index (χ1n) is 21.6. The summed E-state index contributed by atoms with van der Waals surface area (Å²) in [5, 5.41) is 20.6. The van der Waals surface area contributed by atoms with Crippen LogP contribution in [0.15, 0.2) is 103 Å². The second-order valence-corrected chi connectivity index (χ2v) is 22.2. The molecule has 12 nitrogen and oxygen atoms in total. The predicted molar refractivity (Wildman–Crippen MR) is 237 cm³/mol. The van der Waals surface area contributed by atoms with Gasteiger partial charge in [0, 0.05) is 61.5 Å². The van der Waals surface area contributed by atoms with Crippen LogP contribution < -0.4 is 24.6 Å². The molecule has 0 radical (unpaired) electrons. The molecule has 0 bridgehead atoms. The molecule has 1 unspecified atom stereocenters. The molecule has 61 heavy (non-hydrogen) atoms. The molecule has 9 rings (SSSR count). The summed E-state index contributed by atoms with van der Waals surface area (Å²) < 4.78 is 14.8. The number of carbonyl (C=O) groups is 3. The lowest BCUT2D eigenvalue weighted by molar-refractivity contribution is -0.146. The van der Waals surface area contributed by atoms with Crippen LogP contribution in [0.5, 0.6) is 5.75 Å². The monoisotopic (exact) mass is 838 g/mol. The van der Waals surface area contributed by atoms with Crippen molar-refractivity contribution in [2.75, 3.05) is 41.5 Å². The SMILES string of the molecule is COc1ccc([Si](C)(C)[C@@H]2[C@@H](CCn3cc(C(CO)c4ccccc4)nn3)O[C@]3(C(=O)N(Cc4ccc(N5CCCC5=O)cc4)c4ccc(N5CCCC5=O)cc43)[C@H]2C)cc1. The van der Waals surface area contributed by atoms with Gasteiger partial charge in [0.05, 0.1) is 51.7 Å². The van der Waals surface area contributed by atoms with E-state index in [-0.39, 0.29) is 47.8 Å².